The Morgan fingerprint density at radius 1 is 1.64 bits per heavy atom. The Hall–Kier alpha value is -1.29. The van der Waals surface area contributed by atoms with E-state index in [0.717, 1.165) is 6.54 Å². The lowest BCUT2D eigenvalue weighted by Crippen LogP contribution is -2.24. The summed E-state index contributed by atoms with van der Waals surface area (Å²) in [6, 6.07) is 0. The third-order valence-electron chi connectivity index (χ3n) is 1.84. The van der Waals surface area contributed by atoms with Gasteiger partial charge < -0.3 is 10.6 Å². The molecule has 5 heteroatoms. The topological polar surface area (TPSA) is 55.0 Å². The second-order valence-electron chi connectivity index (χ2n) is 2.73. The van der Waals surface area contributed by atoms with Gasteiger partial charge in [0.05, 0.1) is 0 Å². The Morgan fingerprint density at radius 3 is 2.93 bits per heavy atom. The van der Waals surface area contributed by atoms with E-state index in [1.807, 2.05) is 11.8 Å². The van der Waals surface area contributed by atoms with E-state index in [-0.39, 0.29) is 5.15 Å². The van der Waals surface area contributed by atoms with Crippen molar-refractivity contribution < 1.29 is 0 Å². The van der Waals surface area contributed by atoms with Crippen molar-refractivity contribution in [2.45, 2.75) is 6.92 Å². The fraction of sp³-hybridized carbons (Fsp3) is 0.333. The molecule has 1 heterocycles. The molecule has 0 radical (unpaired) electrons. The molecule has 0 aromatic carbocycles. The summed E-state index contributed by atoms with van der Waals surface area (Å²) in [6.45, 7) is 7.16. The van der Waals surface area contributed by atoms with Crippen molar-refractivity contribution in [3.8, 4) is 0 Å². The molecule has 0 atom stereocenters. The number of aromatic nitrogens is 2. The molecule has 0 aliphatic rings. The molecule has 0 spiro atoms. The number of hydrogen-bond donors (Lipinski definition) is 1. The van der Waals surface area contributed by atoms with Gasteiger partial charge in [0.15, 0.2) is 11.0 Å². The zero-order valence-electron chi connectivity index (χ0n) is 8.07. The molecule has 0 amide bonds. The van der Waals surface area contributed by atoms with E-state index in [1.54, 1.807) is 6.08 Å². The van der Waals surface area contributed by atoms with Crippen LogP contribution in [-0.4, -0.2) is 23.1 Å². The SMILES string of the molecule is C=CCN(CC)c1ncnc(Cl)c1N. The average molecular weight is 213 g/mol. The maximum Gasteiger partial charge on any atom is 0.157 e. The van der Waals surface area contributed by atoms with E-state index in [0.29, 0.717) is 18.1 Å². The van der Waals surface area contributed by atoms with E-state index < -0.39 is 0 Å². The molecule has 14 heavy (non-hydrogen) atoms. The fourth-order valence-corrected chi connectivity index (χ4v) is 1.27. The smallest absolute Gasteiger partial charge is 0.157 e. The van der Waals surface area contributed by atoms with Gasteiger partial charge in [-0.2, -0.15) is 0 Å². The zero-order chi connectivity index (χ0) is 10.6. The standard InChI is InChI=1S/C9H13ClN4/c1-3-5-14(4-2)9-7(11)8(10)12-6-13-9/h3,6H,1,4-5,11H2,2H3. The van der Waals surface area contributed by atoms with Crippen molar-refractivity contribution in [1.29, 1.82) is 0 Å². The van der Waals surface area contributed by atoms with Crippen molar-refractivity contribution in [2.75, 3.05) is 23.7 Å². The number of rotatable bonds is 4. The maximum absolute atomic E-state index is 5.79. The maximum atomic E-state index is 5.79. The summed E-state index contributed by atoms with van der Waals surface area (Å²) in [5, 5.41) is 0.289. The van der Waals surface area contributed by atoms with Gasteiger partial charge in [0.2, 0.25) is 0 Å². The van der Waals surface area contributed by atoms with Crippen molar-refractivity contribution in [2.24, 2.45) is 0 Å². The molecule has 1 aromatic rings. The van der Waals surface area contributed by atoms with Crippen molar-refractivity contribution >= 4 is 23.1 Å². The monoisotopic (exact) mass is 212 g/mol. The lowest BCUT2D eigenvalue weighted by molar-refractivity contribution is 0.879. The summed E-state index contributed by atoms with van der Waals surface area (Å²) < 4.78 is 0. The summed E-state index contributed by atoms with van der Waals surface area (Å²) in [5.74, 6) is 0.660. The Bertz CT molecular complexity index is 327. The van der Waals surface area contributed by atoms with Gasteiger partial charge in [-0.25, -0.2) is 9.97 Å². The highest BCUT2D eigenvalue weighted by molar-refractivity contribution is 6.32. The lowest BCUT2D eigenvalue weighted by Gasteiger charge is -2.21. The Kier molecular flexibility index (Phi) is 3.71. The lowest BCUT2D eigenvalue weighted by atomic mass is 10.4. The van der Waals surface area contributed by atoms with Crippen LogP contribution in [-0.2, 0) is 0 Å². The molecule has 0 bridgehead atoms. The Labute approximate surface area is 88.4 Å². The summed E-state index contributed by atoms with van der Waals surface area (Å²) in [6.07, 6.45) is 3.19. The molecule has 1 aromatic heterocycles. The summed E-state index contributed by atoms with van der Waals surface area (Å²) in [4.78, 5) is 9.85. The van der Waals surface area contributed by atoms with Crippen molar-refractivity contribution in [3.63, 3.8) is 0 Å². The van der Waals surface area contributed by atoms with Gasteiger partial charge in [0, 0.05) is 13.1 Å². The molecule has 0 aliphatic carbocycles. The third-order valence-corrected chi connectivity index (χ3v) is 2.15. The molecule has 0 aliphatic heterocycles. The van der Waals surface area contributed by atoms with Gasteiger partial charge in [0.25, 0.3) is 0 Å². The third kappa shape index (κ3) is 2.14. The molecule has 0 unspecified atom stereocenters. The van der Waals surface area contributed by atoms with Gasteiger partial charge in [-0.05, 0) is 6.92 Å². The number of nitrogens with two attached hydrogens (primary N) is 1. The zero-order valence-corrected chi connectivity index (χ0v) is 8.83. The van der Waals surface area contributed by atoms with Crippen LogP contribution in [0.15, 0.2) is 19.0 Å². The first-order valence-corrected chi connectivity index (χ1v) is 4.70. The molecule has 2 N–H and O–H groups in total. The Balaban J connectivity index is 3.03. The first-order valence-electron chi connectivity index (χ1n) is 4.32. The minimum absolute atomic E-state index is 0.289. The highest BCUT2D eigenvalue weighted by Crippen LogP contribution is 2.25. The van der Waals surface area contributed by atoms with Gasteiger partial charge in [-0.15, -0.1) is 6.58 Å². The predicted octanol–water partition coefficient (Wildman–Crippen LogP) is 1.72. The van der Waals surface area contributed by atoms with E-state index in [1.165, 1.54) is 6.33 Å². The number of nitrogens with zero attached hydrogens (tertiary/aromatic N) is 3. The van der Waals surface area contributed by atoms with E-state index in [4.69, 9.17) is 17.3 Å². The number of likely N-dealkylation sites (N-methyl/N-ethyl adjacent to an activating group) is 1. The molecule has 0 saturated carbocycles. The summed E-state index contributed by atoms with van der Waals surface area (Å²) in [5.41, 5.74) is 6.17. The normalized spacial score (nSPS) is 9.86. The van der Waals surface area contributed by atoms with Gasteiger partial charge >= 0.3 is 0 Å². The van der Waals surface area contributed by atoms with Crippen LogP contribution >= 0.6 is 11.6 Å². The molecule has 4 nitrogen and oxygen atoms in total. The highest BCUT2D eigenvalue weighted by atomic mass is 35.5. The van der Waals surface area contributed by atoms with Gasteiger partial charge in [-0.1, -0.05) is 17.7 Å². The fourth-order valence-electron chi connectivity index (χ4n) is 1.14. The van der Waals surface area contributed by atoms with Crippen LogP contribution in [0.2, 0.25) is 5.15 Å². The summed E-state index contributed by atoms with van der Waals surface area (Å²) >= 11 is 5.79. The highest BCUT2D eigenvalue weighted by Gasteiger charge is 2.10. The number of nitrogen functional groups attached to an aromatic ring is 1. The van der Waals surface area contributed by atoms with E-state index >= 15 is 0 Å². The minimum Gasteiger partial charge on any atom is -0.393 e. The largest absolute Gasteiger partial charge is 0.393 e. The van der Waals surface area contributed by atoms with Crippen LogP contribution in [0.5, 0.6) is 0 Å². The van der Waals surface area contributed by atoms with E-state index in [9.17, 15) is 0 Å². The van der Waals surface area contributed by atoms with Crippen LogP contribution in [0.25, 0.3) is 0 Å². The predicted molar refractivity (Wildman–Crippen MR) is 59.5 cm³/mol. The van der Waals surface area contributed by atoms with Gasteiger partial charge in [0.1, 0.15) is 12.0 Å². The number of anilines is 2. The molecule has 0 fully saturated rings. The summed E-state index contributed by atoms with van der Waals surface area (Å²) in [7, 11) is 0. The molecule has 0 saturated heterocycles. The van der Waals surface area contributed by atoms with Crippen LogP contribution in [0, 0.1) is 0 Å². The number of halogens is 1. The molecule has 1 rings (SSSR count). The van der Waals surface area contributed by atoms with E-state index in [2.05, 4.69) is 16.5 Å². The van der Waals surface area contributed by atoms with Crippen LogP contribution in [0.4, 0.5) is 11.5 Å². The van der Waals surface area contributed by atoms with Crippen LogP contribution in [0.1, 0.15) is 6.92 Å². The molecule has 76 valence electrons. The molecular weight excluding hydrogens is 200 g/mol. The van der Waals surface area contributed by atoms with Crippen LogP contribution in [0.3, 0.4) is 0 Å². The first-order chi connectivity index (χ1) is 6.70. The van der Waals surface area contributed by atoms with Gasteiger partial charge in [-0.3, -0.25) is 0 Å². The Morgan fingerprint density at radius 2 is 2.36 bits per heavy atom. The average Bonchev–Trinajstić information content (AvgIpc) is 2.19. The molecular formula is C9H13ClN4. The quantitative estimate of drug-likeness (QED) is 0.610. The van der Waals surface area contributed by atoms with Crippen LogP contribution < -0.4 is 10.6 Å². The minimum atomic E-state index is 0.289. The second kappa shape index (κ2) is 4.81. The first kappa shape index (κ1) is 10.8. The van der Waals surface area contributed by atoms with Crippen molar-refractivity contribution in [1.82, 2.24) is 9.97 Å². The number of hydrogen-bond acceptors (Lipinski definition) is 4. The second-order valence-corrected chi connectivity index (χ2v) is 3.09. The van der Waals surface area contributed by atoms with Crippen molar-refractivity contribution in [3.05, 3.63) is 24.1 Å².